The minimum atomic E-state index is -0.583. The number of aromatic nitrogens is 2. The molecule has 0 spiro atoms. The third-order valence-corrected chi connectivity index (χ3v) is 4.52. The summed E-state index contributed by atoms with van der Waals surface area (Å²) in [5.41, 5.74) is 1.92. The van der Waals surface area contributed by atoms with E-state index in [1.165, 1.54) is 0 Å². The number of carbonyl (C=O) groups excluding carboxylic acids is 2. The van der Waals surface area contributed by atoms with E-state index in [2.05, 4.69) is 10.4 Å². The third kappa shape index (κ3) is 4.84. The predicted molar refractivity (Wildman–Crippen MR) is 96.4 cm³/mol. The molecule has 1 aliphatic heterocycles. The topological polar surface area (TPSA) is 76.5 Å². The molecular weight excluding hydrogens is 332 g/mol. The van der Waals surface area contributed by atoms with Crippen molar-refractivity contribution in [3.63, 3.8) is 0 Å². The first-order valence-corrected chi connectivity index (χ1v) is 8.83. The Morgan fingerprint density at radius 1 is 1.27 bits per heavy atom. The van der Waals surface area contributed by atoms with E-state index in [0.29, 0.717) is 13.1 Å². The maximum absolute atomic E-state index is 12.4. The third-order valence-electron chi connectivity index (χ3n) is 4.52. The molecule has 1 atom stereocenters. The van der Waals surface area contributed by atoms with Gasteiger partial charge in [0.05, 0.1) is 5.69 Å². The van der Waals surface area contributed by atoms with Crippen molar-refractivity contribution in [3.05, 3.63) is 53.9 Å². The van der Waals surface area contributed by atoms with Gasteiger partial charge in [-0.1, -0.05) is 30.3 Å². The normalized spacial score (nSPS) is 17.0. The van der Waals surface area contributed by atoms with Crippen molar-refractivity contribution in [2.24, 2.45) is 7.05 Å². The lowest BCUT2D eigenvalue weighted by Gasteiger charge is -2.32. The predicted octanol–water partition coefficient (Wildman–Crippen LogP) is 2.05. The van der Waals surface area contributed by atoms with Crippen molar-refractivity contribution in [1.82, 2.24) is 20.0 Å². The molecule has 0 unspecified atom stereocenters. The number of piperidine rings is 1. The Morgan fingerprint density at radius 2 is 2.08 bits per heavy atom. The number of carbonyl (C=O) groups is 2. The number of likely N-dealkylation sites (tertiary alicyclic amines) is 1. The molecule has 1 aromatic heterocycles. The van der Waals surface area contributed by atoms with Gasteiger partial charge in [0.1, 0.15) is 13.2 Å². The van der Waals surface area contributed by atoms with Gasteiger partial charge in [0.2, 0.25) is 5.91 Å². The summed E-state index contributed by atoms with van der Waals surface area (Å²) >= 11 is 0. The van der Waals surface area contributed by atoms with Crippen LogP contribution in [0.2, 0.25) is 0 Å². The fraction of sp³-hybridized carbons (Fsp3) is 0.421. The maximum Gasteiger partial charge on any atom is 0.407 e. The van der Waals surface area contributed by atoms with Crippen LogP contribution in [-0.2, 0) is 23.2 Å². The van der Waals surface area contributed by atoms with Crippen LogP contribution in [0.1, 0.15) is 30.0 Å². The average molecular weight is 356 g/mol. The lowest BCUT2D eigenvalue weighted by atomic mass is 9.95. The standard InChI is InChI=1S/C19H24N4O3/c1-22-11-9-17(21-22)16-8-5-10-23(13-16)18(24)12-20-19(25)26-14-15-6-3-2-4-7-15/h2-4,6-7,9,11,16H,5,8,10,12-14H2,1H3,(H,20,25)/t16-/m0/s1. The van der Waals surface area contributed by atoms with E-state index in [9.17, 15) is 9.59 Å². The van der Waals surface area contributed by atoms with E-state index in [1.54, 1.807) is 9.58 Å². The summed E-state index contributed by atoms with van der Waals surface area (Å²) in [6.45, 7) is 1.48. The molecule has 138 valence electrons. The van der Waals surface area contributed by atoms with Crippen molar-refractivity contribution < 1.29 is 14.3 Å². The van der Waals surface area contributed by atoms with Gasteiger partial charge in [0.15, 0.2) is 0 Å². The highest BCUT2D eigenvalue weighted by Crippen LogP contribution is 2.25. The van der Waals surface area contributed by atoms with Crippen LogP contribution in [0.25, 0.3) is 0 Å². The number of hydrogen-bond donors (Lipinski definition) is 1. The molecule has 0 radical (unpaired) electrons. The molecule has 1 N–H and O–H groups in total. The molecular formula is C19H24N4O3. The fourth-order valence-electron chi connectivity index (χ4n) is 3.13. The highest BCUT2D eigenvalue weighted by Gasteiger charge is 2.26. The second kappa shape index (κ2) is 8.51. The number of hydrogen-bond acceptors (Lipinski definition) is 4. The molecule has 2 aromatic rings. The van der Waals surface area contributed by atoms with Gasteiger partial charge >= 0.3 is 6.09 Å². The summed E-state index contributed by atoms with van der Waals surface area (Å²) in [6, 6.07) is 11.4. The molecule has 7 nitrogen and oxygen atoms in total. The molecule has 0 aliphatic carbocycles. The zero-order valence-corrected chi connectivity index (χ0v) is 14.9. The number of nitrogens with one attached hydrogen (secondary N) is 1. The van der Waals surface area contributed by atoms with Crippen LogP contribution in [0.4, 0.5) is 4.79 Å². The van der Waals surface area contributed by atoms with Gasteiger partial charge in [-0.05, 0) is 24.5 Å². The Hall–Kier alpha value is -2.83. The quantitative estimate of drug-likeness (QED) is 0.890. The van der Waals surface area contributed by atoms with Crippen molar-refractivity contribution in [3.8, 4) is 0 Å². The molecule has 1 aromatic carbocycles. The van der Waals surface area contributed by atoms with Gasteiger partial charge in [-0.3, -0.25) is 9.48 Å². The fourth-order valence-corrected chi connectivity index (χ4v) is 3.13. The van der Waals surface area contributed by atoms with E-state index in [4.69, 9.17) is 4.74 Å². The van der Waals surface area contributed by atoms with Crippen molar-refractivity contribution in [1.29, 1.82) is 0 Å². The first-order chi connectivity index (χ1) is 12.6. The molecule has 1 saturated heterocycles. The van der Waals surface area contributed by atoms with E-state index < -0.39 is 6.09 Å². The number of rotatable bonds is 5. The van der Waals surface area contributed by atoms with E-state index >= 15 is 0 Å². The largest absolute Gasteiger partial charge is 0.445 e. The van der Waals surface area contributed by atoms with Crippen molar-refractivity contribution in [2.75, 3.05) is 19.6 Å². The highest BCUT2D eigenvalue weighted by molar-refractivity contribution is 5.82. The summed E-state index contributed by atoms with van der Waals surface area (Å²) in [6.07, 6.45) is 3.29. The lowest BCUT2D eigenvalue weighted by molar-refractivity contribution is -0.131. The van der Waals surface area contributed by atoms with Crippen LogP contribution in [0.3, 0.4) is 0 Å². The molecule has 0 bridgehead atoms. The van der Waals surface area contributed by atoms with Gasteiger partial charge < -0.3 is 15.0 Å². The minimum Gasteiger partial charge on any atom is -0.445 e. The van der Waals surface area contributed by atoms with Gasteiger partial charge in [-0.2, -0.15) is 5.10 Å². The maximum atomic E-state index is 12.4. The molecule has 1 fully saturated rings. The second-order valence-corrected chi connectivity index (χ2v) is 6.51. The summed E-state index contributed by atoms with van der Waals surface area (Å²) in [5.74, 6) is 0.154. The van der Waals surface area contributed by atoms with Gasteiger partial charge in [-0.15, -0.1) is 0 Å². The number of aryl methyl sites for hydroxylation is 1. The molecule has 0 saturated carbocycles. The number of nitrogens with zero attached hydrogens (tertiary/aromatic N) is 3. The van der Waals surface area contributed by atoms with E-state index in [-0.39, 0.29) is 25.0 Å². The van der Waals surface area contributed by atoms with Crippen LogP contribution in [0.5, 0.6) is 0 Å². The Kier molecular flexibility index (Phi) is 5.88. The van der Waals surface area contributed by atoms with Crippen LogP contribution in [-0.4, -0.2) is 46.3 Å². The van der Waals surface area contributed by atoms with Crippen molar-refractivity contribution in [2.45, 2.75) is 25.4 Å². The molecule has 2 heterocycles. The summed E-state index contributed by atoms with van der Waals surface area (Å²) in [4.78, 5) is 26.0. The number of benzene rings is 1. The molecule has 26 heavy (non-hydrogen) atoms. The van der Waals surface area contributed by atoms with Gasteiger partial charge in [-0.25, -0.2) is 4.79 Å². The minimum absolute atomic E-state index is 0.0530. The zero-order chi connectivity index (χ0) is 18.4. The zero-order valence-electron chi connectivity index (χ0n) is 14.9. The number of alkyl carbamates (subject to hydrolysis) is 1. The summed E-state index contributed by atoms with van der Waals surface area (Å²) in [5, 5.41) is 6.98. The number of amides is 2. The molecule has 1 aliphatic rings. The van der Waals surface area contributed by atoms with Crippen LogP contribution >= 0.6 is 0 Å². The van der Waals surface area contributed by atoms with Gasteiger partial charge in [0.25, 0.3) is 0 Å². The van der Waals surface area contributed by atoms with Crippen LogP contribution in [0, 0.1) is 0 Å². The number of ether oxygens (including phenoxy) is 1. The molecule has 3 rings (SSSR count). The SMILES string of the molecule is Cn1ccc([C@H]2CCCN(C(=O)CNC(=O)OCc3ccccc3)C2)n1. The lowest BCUT2D eigenvalue weighted by Crippen LogP contribution is -2.44. The Bertz CT molecular complexity index is 744. The molecule has 2 amide bonds. The monoisotopic (exact) mass is 356 g/mol. The average Bonchev–Trinajstić information content (AvgIpc) is 3.12. The highest BCUT2D eigenvalue weighted by atomic mass is 16.5. The first kappa shape index (κ1) is 18.0. The summed E-state index contributed by atoms with van der Waals surface area (Å²) < 4.78 is 6.90. The molecule has 7 heteroatoms. The second-order valence-electron chi connectivity index (χ2n) is 6.51. The smallest absolute Gasteiger partial charge is 0.407 e. The van der Waals surface area contributed by atoms with Crippen LogP contribution in [0.15, 0.2) is 42.6 Å². The Morgan fingerprint density at radius 3 is 2.81 bits per heavy atom. The van der Waals surface area contributed by atoms with E-state index in [0.717, 1.165) is 24.1 Å². The van der Waals surface area contributed by atoms with Crippen molar-refractivity contribution >= 4 is 12.0 Å². The van der Waals surface area contributed by atoms with Gasteiger partial charge in [0, 0.05) is 32.3 Å². The summed E-state index contributed by atoms with van der Waals surface area (Å²) in [7, 11) is 1.89. The Balaban J connectivity index is 1.43. The Labute approximate surface area is 152 Å². The van der Waals surface area contributed by atoms with Crippen LogP contribution < -0.4 is 5.32 Å². The first-order valence-electron chi connectivity index (χ1n) is 8.83. The van der Waals surface area contributed by atoms with E-state index in [1.807, 2.05) is 49.6 Å².